The molecular formula is C14H21NO. The molecule has 1 aliphatic rings. The molecule has 0 spiro atoms. The van der Waals surface area contributed by atoms with Gasteiger partial charge in [0, 0.05) is 12.6 Å². The smallest absolute Gasteiger partial charge is 0.0695 e. The quantitative estimate of drug-likeness (QED) is 0.844. The van der Waals surface area contributed by atoms with Crippen molar-refractivity contribution in [1.82, 2.24) is 4.90 Å². The summed E-state index contributed by atoms with van der Waals surface area (Å²) < 4.78 is 0. The van der Waals surface area contributed by atoms with Crippen molar-refractivity contribution in [2.75, 3.05) is 7.05 Å². The maximum absolute atomic E-state index is 9.98. The first-order valence-corrected chi connectivity index (χ1v) is 6.19. The van der Waals surface area contributed by atoms with E-state index >= 15 is 0 Å². The molecule has 1 fully saturated rings. The monoisotopic (exact) mass is 219 g/mol. The number of aliphatic hydroxyl groups is 1. The summed E-state index contributed by atoms with van der Waals surface area (Å²) in [6.45, 7) is 0.933. The van der Waals surface area contributed by atoms with E-state index < -0.39 is 0 Å². The summed E-state index contributed by atoms with van der Waals surface area (Å²) in [5.74, 6) is 0. The Balaban J connectivity index is 1.94. The zero-order valence-electron chi connectivity index (χ0n) is 9.97. The highest BCUT2D eigenvalue weighted by Crippen LogP contribution is 2.23. The van der Waals surface area contributed by atoms with Gasteiger partial charge in [-0.15, -0.1) is 0 Å². The van der Waals surface area contributed by atoms with Crippen molar-refractivity contribution in [1.29, 1.82) is 0 Å². The maximum Gasteiger partial charge on any atom is 0.0695 e. The molecule has 2 rings (SSSR count). The summed E-state index contributed by atoms with van der Waals surface area (Å²) >= 11 is 0. The largest absolute Gasteiger partial charge is 0.391 e. The van der Waals surface area contributed by atoms with Crippen LogP contribution in [0.2, 0.25) is 0 Å². The molecule has 1 N–H and O–H groups in total. The Labute approximate surface area is 97.9 Å². The minimum absolute atomic E-state index is 0.137. The second-order valence-electron chi connectivity index (χ2n) is 4.82. The first kappa shape index (κ1) is 11.6. The first-order valence-electron chi connectivity index (χ1n) is 6.19. The number of likely N-dealkylation sites (N-methyl/N-ethyl adjacent to an activating group) is 1. The molecule has 1 saturated carbocycles. The van der Waals surface area contributed by atoms with Crippen LogP contribution in [0.3, 0.4) is 0 Å². The highest BCUT2D eigenvalue weighted by molar-refractivity contribution is 5.14. The summed E-state index contributed by atoms with van der Waals surface area (Å²) in [6, 6.07) is 10.8. The van der Waals surface area contributed by atoms with Crippen LogP contribution < -0.4 is 0 Å². The number of benzene rings is 1. The van der Waals surface area contributed by atoms with Gasteiger partial charge in [0.25, 0.3) is 0 Å². The molecule has 2 atom stereocenters. The van der Waals surface area contributed by atoms with Gasteiger partial charge >= 0.3 is 0 Å². The predicted octanol–water partition coefficient (Wildman–Crippen LogP) is 2.42. The fourth-order valence-corrected chi connectivity index (χ4v) is 2.59. The van der Waals surface area contributed by atoms with Gasteiger partial charge in [-0.2, -0.15) is 0 Å². The third-order valence-corrected chi connectivity index (χ3v) is 3.53. The molecule has 0 saturated heterocycles. The lowest BCUT2D eigenvalue weighted by Gasteiger charge is -2.35. The lowest BCUT2D eigenvalue weighted by atomic mass is 9.91. The highest BCUT2D eigenvalue weighted by atomic mass is 16.3. The minimum atomic E-state index is -0.137. The second kappa shape index (κ2) is 5.46. The van der Waals surface area contributed by atoms with Crippen molar-refractivity contribution < 1.29 is 5.11 Å². The van der Waals surface area contributed by atoms with E-state index in [2.05, 4.69) is 36.2 Å². The summed E-state index contributed by atoms with van der Waals surface area (Å²) in [6.07, 6.45) is 4.38. The Morgan fingerprint density at radius 1 is 1.19 bits per heavy atom. The van der Waals surface area contributed by atoms with E-state index in [1.807, 2.05) is 6.07 Å². The second-order valence-corrected chi connectivity index (χ2v) is 4.82. The van der Waals surface area contributed by atoms with Crippen LogP contribution in [0.5, 0.6) is 0 Å². The van der Waals surface area contributed by atoms with Crippen LogP contribution in [0.1, 0.15) is 31.2 Å². The van der Waals surface area contributed by atoms with Crippen LogP contribution in [0.4, 0.5) is 0 Å². The van der Waals surface area contributed by atoms with Crippen molar-refractivity contribution in [2.24, 2.45) is 0 Å². The molecule has 1 aromatic rings. The van der Waals surface area contributed by atoms with Gasteiger partial charge in [-0.3, -0.25) is 4.90 Å². The molecule has 0 bridgehead atoms. The minimum Gasteiger partial charge on any atom is -0.391 e. The van der Waals surface area contributed by atoms with Gasteiger partial charge in [0.15, 0.2) is 0 Å². The topological polar surface area (TPSA) is 23.5 Å². The standard InChI is InChI=1S/C14H21NO/c1-15(11-12-7-3-2-4-8-12)13-9-5-6-10-14(13)16/h2-4,7-8,13-14,16H,5-6,9-11H2,1H3/t13-,14-/m0/s1. The van der Waals surface area contributed by atoms with Gasteiger partial charge in [0.2, 0.25) is 0 Å². The van der Waals surface area contributed by atoms with E-state index in [-0.39, 0.29) is 6.10 Å². The molecular weight excluding hydrogens is 198 g/mol. The Morgan fingerprint density at radius 3 is 2.56 bits per heavy atom. The molecule has 16 heavy (non-hydrogen) atoms. The summed E-state index contributed by atoms with van der Waals surface area (Å²) in [5.41, 5.74) is 1.32. The van der Waals surface area contributed by atoms with Crippen LogP contribution in [0.25, 0.3) is 0 Å². The van der Waals surface area contributed by atoms with Crippen molar-refractivity contribution in [3.05, 3.63) is 35.9 Å². The Bertz CT molecular complexity index is 312. The number of hydrogen-bond acceptors (Lipinski definition) is 2. The molecule has 0 heterocycles. The normalized spacial score (nSPS) is 25.9. The molecule has 0 unspecified atom stereocenters. The lowest BCUT2D eigenvalue weighted by Crippen LogP contribution is -2.42. The molecule has 0 aliphatic heterocycles. The molecule has 0 radical (unpaired) electrons. The average molecular weight is 219 g/mol. The zero-order valence-corrected chi connectivity index (χ0v) is 9.97. The van der Waals surface area contributed by atoms with Crippen LogP contribution in [0.15, 0.2) is 30.3 Å². The van der Waals surface area contributed by atoms with Crippen molar-refractivity contribution >= 4 is 0 Å². The molecule has 2 heteroatoms. The van der Waals surface area contributed by atoms with E-state index in [1.54, 1.807) is 0 Å². The maximum atomic E-state index is 9.98. The third-order valence-electron chi connectivity index (χ3n) is 3.53. The summed E-state index contributed by atoms with van der Waals surface area (Å²) in [4.78, 5) is 2.29. The van der Waals surface area contributed by atoms with Gasteiger partial charge in [0.1, 0.15) is 0 Å². The van der Waals surface area contributed by atoms with E-state index in [0.717, 1.165) is 19.4 Å². The van der Waals surface area contributed by atoms with E-state index in [1.165, 1.54) is 18.4 Å². The Hall–Kier alpha value is -0.860. The van der Waals surface area contributed by atoms with Crippen molar-refractivity contribution in [2.45, 2.75) is 44.4 Å². The van der Waals surface area contributed by atoms with Gasteiger partial charge in [-0.25, -0.2) is 0 Å². The number of hydrogen-bond donors (Lipinski definition) is 1. The fourth-order valence-electron chi connectivity index (χ4n) is 2.59. The third kappa shape index (κ3) is 2.83. The SMILES string of the molecule is CN(Cc1ccccc1)[C@H]1CCCC[C@@H]1O. The first-order chi connectivity index (χ1) is 7.77. The zero-order chi connectivity index (χ0) is 11.4. The van der Waals surface area contributed by atoms with Crippen LogP contribution in [0, 0.1) is 0 Å². The van der Waals surface area contributed by atoms with E-state index in [4.69, 9.17) is 0 Å². The molecule has 0 aromatic heterocycles. The van der Waals surface area contributed by atoms with Crippen LogP contribution in [-0.2, 0) is 6.54 Å². The fraction of sp³-hybridized carbons (Fsp3) is 0.571. The van der Waals surface area contributed by atoms with E-state index in [0.29, 0.717) is 6.04 Å². The van der Waals surface area contributed by atoms with Crippen molar-refractivity contribution in [3.63, 3.8) is 0 Å². The number of rotatable bonds is 3. The Kier molecular flexibility index (Phi) is 3.97. The molecule has 1 aromatic carbocycles. The molecule has 0 amide bonds. The van der Waals surface area contributed by atoms with Gasteiger partial charge in [0.05, 0.1) is 6.10 Å². The lowest BCUT2D eigenvalue weighted by molar-refractivity contribution is 0.0288. The molecule has 1 aliphatic carbocycles. The van der Waals surface area contributed by atoms with Crippen LogP contribution >= 0.6 is 0 Å². The van der Waals surface area contributed by atoms with Gasteiger partial charge < -0.3 is 5.11 Å². The summed E-state index contributed by atoms with van der Waals surface area (Å²) in [5, 5.41) is 9.98. The average Bonchev–Trinajstić information content (AvgIpc) is 2.31. The predicted molar refractivity (Wildman–Crippen MR) is 66.2 cm³/mol. The molecule has 88 valence electrons. The van der Waals surface area contributed by atoms with Gasteiger partial charge in [-0.05, 0) is 25.5 Å². The van der Waals surface area contributed by atoms with Crippen LogP contribution in [-0.4, -0.2) is 29.2 Å². The van der Waals surface area contributed by atoms with Gasteiger partial charge in [-0.1, -0.05) is 43.2 Å². The summed E-state index contributed by atoms with van der Waals surface area (Å²) in [7, 11) is 2.12. The number of aliphatic hydroxyl groups excluding tert-OH is 1. The van der Waals surface area contributed by atoms with E-state index in [9.17, 15) is 5.11 Å². The Morgan fingerprint density at radius 2 is 1.88 bits per heavy atom. The number of nitrogens with zero attached hydrogens (tertiary/aromatic N) is 1. The highest BCUT2D eigenvalue weighted by Gasteiger charge is 2.26. The van der Waals surface area contributed by atoms with Crippen molar-refractivity contribution in [3.8, 4) is 0 Å². The molecule has 2 nitrogen and oxygen atoms in total.